The molecule has 1 aliphatic heterocycles. The molecular formula is C12H16BrClN4O. The van der Waals surface area contributed by atoms with Crippen molar-refractivity contribution in [3.63, 3.8) is 0 Å². The molecule has 5 nitrogen and oxygen atoms in total. The lowest BCUT2D eigenvalue weighted by atomic mass is 10.2. The van der Waals surface area contributed by atoms with E-state index in [1.165, 1.54) is 0 Å². The molecule has 0 atom stereocenters. The van der Waals surface area contributed by atoms with Crippen molar-refractivity contribution in [1.29, 1.82) is 0 Å². The Kier molecular flexibility index (Phi) is 5.39. The molecule has 19 heavy (non-hydrogen) atoms. The molecule has 1 fully saturated rings. The van der Waals surface area contributed by atoms with Gasteiger partial charge < -0.3 is 9.80 Å². The van der Waals surface area contributed by atoms with Crippen LogP contribution in [0.1, 0.15) is 12.8 Å². The van der Waals surface area contributed by atoms with Gasteiger partial charge in [0.1, 0.15) is 0 Å². The highest BCUT2D eigenvalue weighted by Crippen LogP contribution is 2.14. The van der Waals surface area contributed by atoms with E-state index in [1.807, 2.05) is 4.90 Å². The SMILES string of the molecule is O=C(CCCCl)N1CCN(c2ncc(Br)cn2)CC1. The maximum atomic E-state index is 11.9. The van der Waals surface area contributed by atoms with Gasteiger partial charge in [0.15, 0.2) is 0 Å². The Morgan fingerprint density at radius 2 is 1.89 bits per heavy atom. The molecule has 0 aromatic carbocycles. The highest BCUT2D eigenvalue weighted by atomic mass is 79.9. The van der Waals surface area contributed by atoms with E-state index >= 15 is 0 Å². The summed E-state index contributed by atoms with van der Waals surface area (Å²) in [6.07, 6.45) is 4.76. The van der Waals surface area contributed by atoms with Gasteiger partial charge >= 0.3 is 0 Å². The first-order valence-electron chi connectivity index (χ1n) is 6.27. The van der Waals surface area contributed by atoms with Crippen LogP contribution in [0.25, 0.3) is 0 Å². The molecule has 0 bridgehead atoms. The van der Waals surface area contributed by atoms with Crippen molar-refractivity contribution in [2.75, 3.05) is 37.0 Å². The Balaban J connectivity index is 1.85. The van der Waals surface area contributed by atoms with Crippen molar-refractivity contribution in [3.8, 4) is 0 Å². The van der Waals surface area contributed by atoms with Gasteiger partial charge in [0.05, 0.1) is 4.47 Å². The third kappa shape index (κ3) is 4.04. The monoisotopic (exact) mass is 346 g/mol. The molecule has 1 amide bonds. The van der Waals surface area contributed by atoms with Crippen LogP contribution in [0.4, 0.5) is 5.95 Å². The lowest BCUT2D eigenvalue weighted by molar-refractivity contribution is -0.131. The Bertz CT molecular complexity index is 420. The van der Waals surface area contributed by atoms with Crippen LogP contribution in [-0.2, 0) is 4.79 Å². The molecule has 1 aliphatic rings. The third-order valence-electron chi connectivity index (χ3n) is 3.05. The average Bonchev–Trinajstić information content (AvgIpc) is 2.46. The maximum absolute atomic E-state index is 11.9. The average molecular weight is 348 g/mol. The first-order chi connectivity index (χ1) is 9.20. The minimum Gasteiger partial charge on any atom is -0.339 e. The summed E-state index contributed by atoms with van der Waals surface area (Å²) in [6, 6.07) is 0. The Morgan fingerprint density at radius 1 is 1.26 bits per heavy atom. The van der Waals surface area contributed by atoms with Crippen LogP contribution in [0.3, 0.4) is 0 Å². The topological polar surface area (TPSA) is 49.3 Å². The van der Waals surface area contributed by atoms with Gasteiger partial charge in [-0.15, -0.1) is 11.6 Å². The van der Waals surface area contributed by atoms with Gasteiger partial charge in [-0.25, -0.2) is 9.97 Å². The molecule has 2 heterocycles. The first-order valence-corrected chi connectivity index (χ1v) is 7.59. The minimum absolute atomic E-state index is 0.192. The largest absolute Gasteiger partial charge is 0.339 e. The quantitative estimate of drug-likeness (QED) is 0.781. The number of halogens is 2. The van der Waals surface area contributed by atoms with Gasteiger partial charge in [0.2, 0.25) is 11.9 Å². The van der Waals surface area contributed by atoms with E-state index in [-0.39, 0.29) is 5.91 Å². The molecule has 2 rings (SSSR count). The molecule has 0 radical (unpaired) electrons. The minimum atomic E-state index is 0.192. The summed E-state index contributed by atoms with van der Waals surface area (Å²) in [6.45, 7) is 2.99. The number of anilines is 1. The summed E-state index contributed by atoms with van der Waals surface area (Å²) in [5.41, 5.74) is 0. The number of alkyl halides is 1. The smallest absolute Gasteiger partial charge is 0.225 e. The summed E-state index contributed by atoms with van der Waals surface area (Å²) < 4.78 is 0.867. The fourth-order valence-corrected chi connectivity index (χ4v) is 2.34. The molecule has 0 saturated carbocycles. The second kappa shape index (κ2) is 7.05. The fourth-order valence-electron chi connectivity index (χ4n) is 2.00. The predicted octanol–water partition coefficient (Wildman–Crippen LogP) is 1.91. The van der Waals surface area contributed by atoms with Crippen LogP contribution < -0.4 is 4.90 Å². The molecular weight excluding hydrogens is 332 g/mol. The van der Waals surface area contributed by atoms with Crippen LogP contribution in [0.5, 0.6) is 0 Å². The molecule has 1 saturated heterocycles. The van der Waals surface area contributed by atoms with E-state index in [1.54, 1.807) is 12.4 Å². The Morgan fingerprint density at radius 3 is 2.47 bits per heavy atom. The molecule has 0 unspecified atom stereocenters. The second-order valence-electron chi connectivity index (χ2n) is 4.36. The zero-order chi connectivity index (χ0) is 13.7. The van der Waals surface area contributed by atoms with Gasteiger partial charge in [-0.05, 0) is 22.4 Å². The number of nitrogens with zero attached hydrogens (tertiary/aromatic N) is 4. The Labute approximate surface area is 126 Å². The van der Waals surface area contributed by atoms with E-state index < -0.39 is 0 Å². The number of rotatable bonds is 4. The third-order valence-corrected chi connectivity index (χ3v) is 3.72. The summed E-state index contributed by atoms with van der Waals surface area (Å²) in [5.74, 6) is 1.45. The number of carbonyl (C=O) groups excluding carboxylic acids is 1. The van der Waals surface area contributed by atoms with E-state index in [2.05, 4.69) is 30.8 Å². The van der Waals surface area contributed by atoms with Crippen molar-refractivity contribution in [2.24, 2.45) is 0 Å². The van der Waals surface area contributed by atoms with E-state index in [0.29, 0.717) is 12.3 Å². The van der Waals surface area contributed by atoms with Crippen molar-refractivity contribution in [3.05, 3.63) is 16.9 Å². The molecule has 1 aromatic rings. The van der Waals surface area contributed by atoms with Crippen LogP contribution in [-0.4, -0.2) is 52.8 Å². The van der Waals surface area contributed by atoms with Crippen LogP contribution in [0, 0.1) is 0 Å². The number of piperazine rings is 1. The lowest BCUT2D eigenvalue weighted by Gasteiger charge is -2.34. The summed E-state index contributed by atoms with van der Waals surface area (Å²) >= 11 is 8.92. The highest BCUT2D eigenvalue weighted by Gasteiger charge is 2.21. The number of aromatic nitrogens is 2. The molecule has 0 spiro atoms. The van der Waals surface area contributed by atoms with E-state index in [4.69, 9.17) is 11.6 Å². The fraction of sp³-hybridized carbons (Fsp3) is 0.583. The normalized spacial score (nSPS) is 15.7. The van der Waals surface area contributed by atoms with Gasteiger partial charge in [-0.1, -0.05) is 0 Å². The van der Waals surface area contributed by atoms with Crippen molar-refractivity contribution in [1.82, 2.24) is 14.9 Å². The lowest BCUT2D eigenvalue weighted by Crippen LogP contribution is -2.49. The van der Waals surface area contributed by atoms with Crippen molar-refractivity contribution < 1.29 is 4.79 Å². The van der Waals surface area contributed by atoms with Crippen LogP contribution in [0.15, 0.2) is 16.9 Å². The van der Waals surface area contributed by atoms with Gasteiger partial charge in [0, 0.05) is 50.9 Å². The van der Waals surface area contributed by atoms with Crippen molar-refractivity contribution >= 4 is 39.4 Å². The van der Waals surface area contributed by atoms with E-state index in [0.717, 1.165) is 43.0 Å². The predicted molar refractivity (Wildman–Crippen MR) is 78.5 cm³/mol. The van der Waals surface area contributed by atoms with Gasteiger partial charge in [0.25, 0.3) is 0 Å². The number of hydrogen-bond donors (Lipinski definition) is 0. The molecule has 104 valence electrons. The number of amides is 1. The molecule has 1 aromatic heterocycles. The summed E-state index contributed by atoms with van der Waals surface area (Å²) in [5, 5.41) is 0. The molecule has 0 aliphatic carbocycles. The van der Waals surface area contributed by atoms with Gasteiger partial charge in [-0.2, -0.15) is 0 Å². The van der Waals surface area contributed by atoms with Crippen LogP contribution >= 0.6 is 27.5 Å². The zero-order valence-electron chi connectivity index (χ0n) is 10.6. The summed E-state index contributed by atoms with van der Waals surface area (Å²) in [7, 11) is 0. The maximum Gasteiger partial charge on any atom is 0.225 e. The van der Waals surface area contributed by atoms with Gasteiger partial charge in [-0.3, -0.25) is 4.79 Å². The highest BCUT2D eigenvalue weighted by molar-refractivity contribution is 9.10. The first kappa shape index (κ1) is 14.5. The second-order valence-corrected chi connectivity index (χ2v) is 5.66. The molecule has 7 heteroatoms. The standard InChI is InChI=1S/C12H16BrClN4O/c13-10-8-15-12(16-9-10)18-6-4-17(5-7-18)11(19)2-1-3-14/h8-9H,1-7H2. The Hall–Kier alpha value is -0.880. The number of hydrogen-bond acceptors (Lipinski definition) is 4. The van der Waals surface area contributed by atoms with Crippen LogP contribution in [0.2, 0.25) is 0 Å². The molecule has 0 N–H and O–H groups in total. The van der Waals surface area contributed by atoms with E-state index in [9.17, 15) is 4.79 Å². The summed E-state index contributed by atoms with van der Waals surface area (Å²) in [4.78, 5) is 24.4. The zero-order valence-corrected chi connectivity index (χ0v) is 12.9. The van der Waals surface area contributed by atoms with Crippen molar-refractivity contribution in [2.45, 2.75) is 12.8 Å². The number of carbonyl (C=O) groups is 1.